The number of nitrogens with two attached hydrogens (primary N) is 1. The van der Waals surface area contributed by atoms with E-state index in [9.17, 15) is 18.3 Å². The average molecular weight is 452 g/mol. The lowest BCUT2D eigenvalue weighted by atomic mass is 9.93. The predicted molar refractivity (Wildman–Crippen MR) is 115 cm³/mol. The first-order valence-corrected chi connectivity index (χ1v) is 11.5. The van der Waals surface area contributed by atoms with E-state index in [1.807, 2.05) is 6.07 Å². The van der Waals surface area contributed by atoms with E-state index in [-0.39, 0.29) is 24.1 Å². The first-order valence-electron chi connectivity index (χ1n) is 9.94. The highest BCUT2D eigenvalue weighted by Gasteiger charge is 2.50. The van der Waals surface area contributed by atoms with Crippen LogP contribution in [-0.4, -0.2) is 37.7 Å². The highest BCUT2D eigenvalue weighted by Crippen LogP contribution is 2.47. The Labute approximate surface area is 184 Å². The Kier molecular flexibility index (Phi) is 4.70. The zero-order valence-electron chi connectivity index (χ0n) is 16.9. The molecule has 3 aromatic rings. The summed E-state index contributed by atoms with van der Waals surface area (Å²) in [5, 5.41) is 17.1. The van der Waals surface area contributed by atoms with Crippen molar-refractivity contribution in [3.63, 3.8) is 0 Å². The number of amides is 1. The summed E-state index contributed by atoms with van der Waals surface area (Å²) < 4.78 is 33.8. The van der Waals surface area contributed by atoms with Crippen LogP contribution in [0.1, 0.15) is 27.0 Å². The monoisotopic (exact) mass is 452 g/mol. The number of rotatable bonds is 5. The Hall–Kier alpha value is -3.40. The van der Waals surface area contributed by atoms with Crippen molar-refractivity contribution < 1.29 is 27.8 Å². The van der Waals surface area contributed by atoms with Crippen LogP contribution in [0.4, 0.5) is 0 Å². The molecule has 32 heavy (non-hydrogen) atoms. The van der Waals surface area contributed by atoms with E-state index in [0.29, 0.717) is 34.6 Å². The Morgan fingerprint density at radius 2 is 1.66 bits per heavy atom. The van der Waals surface area contributed by atoms with Gasteiger partial charge in [-0.2, -0.15) is 0 Å². The Morgan fingerprint density at radius 3 is 2.31 bits per heavy atom. The molecule has 0 saturated heterocycles. The van der Waals surface area contributed by atoms with Crippen LogP contribution in [0.15, 0.2) is 71.6 Å². The maximum atomic E-state index is 13.4. The summed E-state index contributed by atoms with van der Waals surface area (Å²) in [6.07, 6.45) is 0.395. The molecule has 2 aliphatic heterocycles. The molecule has 164 valence electrons. The molecule has 1 unspecified atom stereocenters. The standard InChI is InChI=1S/C23H20N2O6S/c24-32(28,29)17-8-6-15(7-9-17)10-11-25-22(26)18-12-20-21(31-14-30-20)13-19(18)23(25,27)16-4-2-1-3-5-16/h1-9,12-13,27H,10-11,14H2,(H2,24,28,29). The predicted octanol–water partition coefficient (Wildman–Crippen LogP) is 1.95. The molecule has 5 rings (SSSR count). The molecule has 2 heterocycles. The molecular weight excluding hydrogens is 432 g/mol. The summed E-state index contributed by atoms with van der Waals surface area (Å²) in [5.74, 6) is 0.616. The first kappa shape index (κ1) is 20.5. The quantitative estimate of drug-likeness (QED) is 0.611. The van der Waals surface area contributed by atoms with Crippen LogP contribution >= 0.6 is 0 Å². The second-order valence-corrected chi connectivity index (χ2v) is 9.25. The van der Waals surface area contributed by atoms with Crippen molar-refractivity contribution >= 4 is 15.9 Å². The molecular formula is C23H20N2O6S. The number of carbonyl (C=O) groups is 1. The zero-order chi connectivity index (χ0) is 22.5. The molecule has 0 aromatic heterocycles. The number of primary sulfonamides is 1. The lowest BCUT2D eigenvalue weighted by Crippen LogP contribution is -2.45. The van der Waals surface area contributed by atoms with Gasteiger partial charge < -0.3 is 19.5 Å². The topological polar surface area (TPSA) is 119 Å². The minimum Gasteiger partial charge on any atom is -0.454 e. The molecule has 0 spiro atoms. The average Bonchev–Trinajstić information content (AvgIpc) is 3.33. The van der Waals surface area contributed by atoms with E-state index >= 15 is 0 Å². The largest absolute Gasteiger partial charge is 0.454 e. The number of benzene rings is 3. The van der Waals surface area contributed by atoms with Crippen molar-refractivity contribution in [3.8, 4) is 11.5 Å². The molecule has 9 heteroatoms. The first-order chi connectivity index (χ1) is 15.3. The van der Waals surface area contributed by atoms with Crippen molar-refractivity contribution in [1.29, 1.82) is 0 Å². The Morgan fingerprint density at radius 1 is 1.00 bits per heavy atom. The molecule has 0 saturated carbocycles. The lowest BCUT2D eigenvalue weighted by Gasteiger charge is -2.35. The third kappa shape index (κ3) is 3.22. The molecule has 2 aliphatic rings. The number of aliphatic hydroxyl groups is 1. The number of ether oxygens (including phenoxy) is 2. The lowest BCUT2D eigenvalue weighted by molar-refractivity contribution is -0.0494. The van der Waals surface area contributed by atoms with Crippen LogP contribution in [0.2, 0.25) is 0 Å². The second-order valence-electron chi connectivity index (χ2n) is 7.69. The summed E-state index contributed by atoms with van der Waals surface area (Å²) in [6, 6.07) is 18.4. The van der Waals surface area contributed by atoms with Crippen LogP contribution in [-0.2, 0) is 22.2 Å². The van der Waals surface area contributed by atoms with E-state index in [2.05, 4.69) is 0 Å². The molecule has 3 N–H and O–H groups in total. The zero-order valence-corrected chi connectivity index (χ0v) is 17.7. The molecule has 0 bridgehead atoms. The number of sulfonamides is 1. The van der Waals surface area contributed by atoms with Gasteiger partial charge >= 0.3 is 0 Å². The van der Waals surface area contributed by atoms with Crippen molar-refractivity contribution in [2.45, 2.75) is 17.0 Å². The number of fused-ring (bicyclic) bond motifs is 2. The summed E-state index contributed by atoms with van der Waals surface area (Å²) in [6.45, 7) is 0.258. The number of hydrogen-bond acceptors (Lipinski definition) is 6. The summed E-state index contributed by atoms with van der Waals surface area (Å²) in [4.78, 5) is 14.8. The molecule has 0 fully saturated rings. The van der Waals surface area contributed by atoms with Crippen molar-refractivity contribution in [2.75, 3.05) is 13.3 Å². The van der Waals surface area contributed by atoms with Gasteiger partial charge in [0.2, 0.25) is 16.8 Å². The maximum absolute atomic E-state index is 13.4. The van der Waals surface area contributed by atoms with Gasteiger partial charge in [-0.1, -0.05) is 42.5 Å². The van der Waals surface area contributed by atoms with Gasteiger partial charge in [0.25, 0.3) is 5.91 Å². The third-order valence-corrected chi connectivity index (χ3v) is 6.74. The van der Waals surface area contributed by atoms with Gasteiger partial charge in [-0.3, -0.25) is 4.79 Å². The highest BCUT2D eigenvalue weighted by molar-refractivity contribution is 7.89. The SMILES string of the molecule is NS(=O)(=O)c1ccc(CCN2C(=O)c3cc4c(cc3C2(O)c2ccccc2)OCO4)cc1. The minimum atomic E-state index is -3.78. The number of carbonyl (C=O) groups excluding carboxylic acids is 1. The smallest absolute Gasteiger partial charge is 0.257 e. The Bertz CT molecular complexity index is 1310. The molecule has 0 radical (unpaired) electrons. The van der Waals surface area contributed by atoms with Crippen LogP contribution in [0.5, 0.6) is 11.5 Å². The van der Waals surface area contributed by atoms with Crippen LogP contribution in [0.3, 0.4) is 0 Å². The molecule has 1 atom stereocenters. The van der Waals surface area contributed by atoms with E-state index in [1.54, 1.807) is 48.5 Å². The summed E-state index contributed by atoms with van der Waals surface area (Å²) in [5.41, 5.74) is 0.448. The minimum absolute atomic E-state index is 0.0150. The van der Waals surface area contributed by atoms with Gasteiger partial charge in [0.15, 0.2) is 17.2 Å². The van der Waals surface area contributed by atoms with Crippen LogP contribution in [0, 0.1) is 0 Å². The summed E-state index contributed by atoms with van der Waals surface area (Å²) in [7, 11) is -3.78. The van der Waals surface area contributed by atoms with Crippen molar-refractivity contribution in [2.24, 2.45) is 5.14 Å². The van der Waals surface area contributed by atoms with Crippen LogP contribution in [0.25, 0.3) is 0 Å². The van der Waals surface area contributed by atoms with Crippen molar-refractivity contribution in [3.05, 3.63) is 89.0 Å². The van der Waals surface area contributed by atoms with Gasteiger partial charge in [-0.25, -0.2) is 13.6 Å². The van der Waals surface area contributed by atoms with Gasteiger partial charge in [0.1, 0.15) is 0 Å². The van der Waals surface area contributed by atoms with Gasteiger partial charge in [0.05, 0.1) is 10.5 Å². The molecule has 0 aliphatic carbocycles. The van der Waals surface area contributed by atoms with Gasteiger partial charge in [-0.15, -0.1) is 0 Å². The van der Waals surface area contributed by atoms with E-state index in [1.165, 1.54) is 17.0 Å². The van der Waals surface area contributed by atoms with Crippen molar-refractivity contribution in [1.82, 2.24) is 4.90 Å². The number of hydrogen-bond donors (Lipinski definition) is 2. The maximum Gasteiger partial charge on any atom is 0.257 e. The van der Waals surface area contributed by atoms with Crippen LogP contribution < -0.4 is 14.6 Å². The molecule has 8 nitrogen and oxygen atoms in total. The van der Waals surface area contributed by atoms with E-state index in [0.717, 1.165) is 5.56 Å². The second kappa shape index (κ2) is 7.33. The van der Waals surface area contributed by atoms with E-state index < -0.39 is 15.7 Å². The Balaban J connectivity index is 1.51. The fourth-order valence-electron chi connectivity index (χ4n) is 4.18. The van der Waals surface area contributed by atoms with E-state index in [4.69, 9.17) is 14.6 Å². The molecule has 3 aromatic carbocycles. The highest BCUT2D eigenvalue weighted by atomic mass is 32.2. The fourth-order valence-corrected chi connectivity index (χ4v) is 4.69. The van der Waals surface area contributed by atoms with Gasteiger partial charge in [-0.05, 0) is 36.2 Å². The summed E-state index contributed by atoms with van der Waals surface area (Å²) >= 11 is 0. The number of nitrogens with zero attached hydrogens (tertiary/aromatic N) is 1. The third-order valence-electron chi connectivity index (χ3n) is 5.81. The fraction of sp³-hybridized carbons (Fsp3) is 0.174. The van der Waals surface area contributed by atoms with Gasteiger partial charge in [0, 0.05) is 17.7 Å². The molecule has 1 amide bonds. The normalized spacial score (nSPS) is 19.3.